The maximum atomic E-state index is 12.2. The third kappa shape index (κ3) is 7.43. The van der Waals surface area contributed by atoms with E-state index in [9.17, 15) is 25.9 Å². The Balaban J connectivity index is 1.98. The van der Waals surface area contributed by atoms with Crippen molar-refractivity contribution in [3.05, 3.63) is 84.4 Å². The molecule has 214 valence electrons. The fourth-order valence-electron chi connectivity index (χ4n) is 4.10. The first kappa shape index (κ1) is 29.6. The number of hydrogen-bond donors (Lipinski definition) is 4. The minimum absolute atomic E-state index is 0.254. The smallest absolute Gasteiger partial charge is 0.296 e. The Kier molecular flexibility index (Phi) is 8.98. The van der Waals surface area contributed by atoms with Gasteiger partial charge in [-0.2, -0.15) is 16.8 Å². The molecule has 0 fully saturated rings. The molecule has 0 spiro atoms. The topological polar surface area (TPSA) is 175 Å². The van der Waals surface area contributed by atoms with E-state index in [0.29, 0.717) is 30.0 Å². The molecule has 0 bridgehead atoms. The maximum Gasteiger partial charge on any atom is 0.296 e. The van der Waals surface area contributed by atoms with Gasteiger partial charge in [0.15, 0.2) is 0 Å². The quantitative estimate of drug-likeness (QED) is 0.137. The lowest BCUT2D eigenvalue weighted by molar-refractivity contribution is 0.479. The van der Waals surface area contributed by atoms with Crippen LogP contribution < -0.4 is 15.5 Å². The highest BCUT2D eigenvalue weighted by molar-refractivity contribution is 7.86. The summed E-state index contributed by atoms with van der Waals surface area (Å²) in [7, 11) is -9.48. The van der Waals surface area contributed by atoms with Gasteiger partial charge in [0, 0.05) is 30.0 Å². The summed E-state index contributed by atoms with van der Waals surface area (Å²) < 4.78 is 67.7. The van der Waals surface area contributed by atoms with Crippen molar-refractivity contribution in [3.8, 4) is 0 Å². The van der Waals surface area contributed by atoms with E-state index < -0.39 is 30.0 Å². The van der Waals surface area contributed by atoms with Crippen molar-refractivity contribution in [2.75, 3.05) is 28.6 Å². The fraction of sp³-hybridized carbons (Fsp3) is 0.148. The first-order chi connectivity index (χ1) is 19.5. The second-order valence-electron chi connectivity index (χ2n) is 8.69. The third-order valence-electron chi connectivity index (χ3n) is 6.07. The SMILES string of the molecule is CCN(CC)c1cc(Nc2ncncn2)c(C=Cc2ccccc2)c(Nc2cc(S(=O)(=O)O)ccc2S(=O)(=O)O)c1. The zero-order chi connectivity index (χ0) is 29.6. The molecule has 12 nitrogen and oxygen atoms in total. The summed E-state index contributed by atoms with van der Waals surface area (Å²) in [5.41, 5.74) is 2.78. The fourth-order valence-corrected chi connectivity index (χ4v) is 5.24. The number of benzene rings is 3. The van der Waals surface area contributed by atoms with E-state index in [-0.39, 0.29) is 11.6 Å². The summed E-state index contributed by atoms with van der Waals surface area (Å²) in [6, 6.07) is 15.8. The van der Waals surface area contributed by atoms with Gasteiger partial charge in [0.05, 0.1) is 16.3 Å². The Bertz CT molecular complexity index is 1760. The van der Waals surface area contributed by atoms with Gasteiger partial charge in [0.2, 0.25) is 5.95 Å². The molecular weight excluding hydrogens is 568 g/mol. The van der Waals surface area contributed by atoms with Gasteiger partial charge < -0.3 is 15.5 Å². The molecule has 41 heavy (non-hydrogen) atoms. The van der Waals surface area contributed by atoms with Crippen LogP contribution in [0.5, 0.6) is 0 Å². The van der Waals surface area contributed by atoms with Crippen molar-refractivity contribution in [1.29, 1.82) is 0 Å². The molecule has 4 rings (SSSR count). The van der Waals surface area contributed by atoms with Crippen LogP contribution in [0.1, 0.15) is 25.0 Å². The molecular formula is C27H28N6O6S2. The third-order valence-corrected chi connectivity index (χ3v) is 7.83. The number of anilines is 5. The Morgan fingerprint density at radius 2 is 1.41 bits per heavy atom. The molecule has 0 saturated carbocycles. The van der Waals surface area contributed by atoms with E-state index in [4.69, 9.17) is 0 Å². The van der Waals surface area contributed by atoms with Crippen LogP contribution in [0.15, 0.2) is 83.1 Å². The van der Waals surface area contributed by atoms with Crippen LogP contribution >= 0.6 is 0 Å². The highest BCUT2D eigenvalue weighted by Gasteiger charge is 2.22. The minimum atomic E-state index is -4.79. The van der Waals surface area contributed by atoms with E-state index in [1.54, 1.807) is 12.1 Å². The molecule has 0 unspecified atom stereocenters. The van der Waals surface area contributed by atoms with Crippen molar-refractivity contribution in [2.24, 2.45) is 0 Å². The molecule has 0 aliphatic heterocycles. The zero-order valence-electron chi connectivity index (χ0n) is 22.1. The lowest BCUT2D eigenvalue weighted by Crippen LogP contribution is -2.22. The second kappa shape index (κ2) is 12.4. The standard InChI is InChI=1S/C27H28N6O6S2/c1-3-33(4-2)20-14-23(31-25-16-21(40(34,35)36)11-13-26(25)41(37,38)39)22(12-10-19-8-6-5-7-9-19)24(15-20)32-27-29-17-28-18-30-27/h5-18,31H,3-4H2,1-2H3,(H,34,35,36)(H,37,38,39)(H,28,29,30,32). The predicted octanol–water partition coefficient (Wildman–Crippen LogP) is 4.87. The van der Waals surface area contributed by atoms with Gasteiger partial charge in [-0.05, 0) is 49.7 Å². The monoisotopic (exact) mass is 596 g/mol. The summed E-state index contributed by atoms with van der Waals surface area (Å²) in [5.74, 6) is 0.254. The molecule has 0 radical (unpaired) electrons. The zero-order valence-corrected chi connectivity index (χ0v) is 23.8. The number of rotatable bonds is 11. The van der Waals surface area contributed by atoms with Crippen LogP contribution in [-0.2, 0) is 20.2 Å². The molecule has 0 atom stereocenters. The summed E-state index contributed by atoms with van der Waals surface area (Å²) >= 11 is 0. The Labute approximate surface area is 238 Å². The van der Waals surface area contributed by atoms with Gasteiger partial charge in [-0.1, -0.05) is 42.5 Å². The summed E-state index contributed by atoms with van der Waals surface area (Å²) in [5, 5.41) is 6.16. The maximum absolute atomic E-state index is 12.2. The summed E-state index contributed by atoms with van der Waals surface area (Å²) in [6.07, 6.45) is 6.30. The summed E-state index contributed by atoms with van der Waals surface area (Å²) in [6.45, 7) is 5.25. The molecule has 4 N–H and O–H groups in total. The predicted molar refractivity (Wildman–Crippen MR) is 158 cm³/mol. The molecule has 0 aliphatic carbocycles. The molecule has 1 aromatic heterocycles. The van der Waals surface area contributed by atoms with Crippen molar-refractivity contribution < 1.29 is 25.9 Å². The van der Waals surface area contributed by atoms with Gasteiger partial charge in [0.1, 0.15) is 17.6 Å². The Morgan fingerprint density at radius 3 is 2.00 bits per heavy atom. The van der Waals surface area contributed by atoms with Gasteiger partial charge >= 0.3 is 0 Å². The van der Waals surface area contributed by atoms with Crippen molar-refractivity contribution in [1.82, 2.24) is 15.0 Å². The first-order valence-corrected chi connectivity index (χ1v) is 15.3. The average Bonchev–Trinajstić information content (AvgIpc) is 2.93. The number of nitrogens with one attached hydrogen (secondary N) is 2. The van der Waals surface area contributed by atoms with E-state index in [2.05, 4.69) is 25.6 Å². The van der Waals surface area contributed by atoms with E-state index in [0.717, 1.165) is 29.4 Å². The minimum Gasteiger partial charge on any atom is -0.372 e. The molecule has 1 heterocycles. The van der Waals surface area contributed by atoms with E-state index in [1.807, 2.05) is 61.2 Å². The van der Waals surface area contributed by atoms with Gasteiger partial charge in [-0.25, -0.2) is 15.0 Å². The van der Waals surface area contributed by atoms with Gasteiger partial charge in [-0.3, -0.25) is 9.11 Å². The average molecular weight is 597 g/mol. The van der Waals surface area contributed by atoms with Crippen LogP contribution in [0.3, 0.4) is 0 Å². The van der Waals surface area contributed by atoms with Crippen LogP contribution in [0.25, 0.3) is 12.2 Å². The van der Waals surface area contributed by atoms with Crippen LogP contribution in [-0.4, -0.2) is 54.0 Å². The van der Waals surface area contributed by atoms with Gasteiger partial charge in [-0.15, -0.1) is 0 Å². The molecule has 14 heteroatoms. The Morgan fingerprint density at radius 1 is 0.780 bits per heavy atom. The lowest BCUT2D eigenvalue weighted by Gasteiger charge is -2.25. The molecule has 0 amide bonds. The second-order valence-corrected chi connectivity index (χ2v) is 11.5. The first-order valence-electron chi connectivity index (χ1n) is 12.4. The number of hydrogen-bond acceptors (Lipinski definition) is 10. The van der Waals surface area contributed by atoms with Crippen molar-refractivity contribution in [3.63, 3.8) is 0 Å². The van der Waals surface area contributed by atoms with Gasteiger partial charge in [0.25, 0.3) is 20.2 Å². The highest BCUT2D eigenvalue weighted by atomic mass is 32.2. The summed E-state index contributed by atoms with van der Waals surface area (Å²) in [4.78, 5) is 13.1. The highest BCUT2D eigenvalue weighted by Crippen LogP contribution is 2.38. The largest absolute Gasteiger partial charge is 0.372 e. The van der Waals surface area contributed by atoms with Crippen LogP contribution in [0.4, 0.5) is 28.7 Å². The van der Waals surface area contributed by atoms with Crippen LogP contribution in [0.2, 0.25) is 0 Å². The van der Waals surface area contributed by atoms with Crippen molar-refractivity contribution >= 4 is 61.1 Å². The number of nitrogens with zero attached hydrogens (tertiary/aromatic N) is 4. The Hall–Kier alpha value is -4.37. The molecule has 4 aromatic rings. The normalized spacial score (nSPS) is 11.9. The van der Waals surface area contributed by atoms with Crippen LogP contribution in [0, 0.1) is 0 Å². The van der Waals surface area contributed by atoms with Crippen molar-refractivity contribution in [2.45, 2.75) is 23.6 Å². The lowest BCUT2D eigenvalue weighted by atomic mass is 10.1. The molecule has 0 aliphatic rings. The molecule has 0 saturated heterocycles. The molecule has 3 aromatic carbocycles. The van der Waals surface area contributed by atoms with E-state index in [1.165, 1.54) is 12.7 Å². The van der Waals surface area contributed by atoms with E-state index >= 15 is 0 Å². The number of aromatic nitrogens is 3.